The standard InChI is InChI=1S/C15H24N2O/c1-3-7-12(2)10-15(18)17-11-14(16)13-8-5-4-6-9-13/h4-6,8-9,12,14H,3,7,10-11,16H2,1-2H3,(H,17,18). The van der Waals surface area contributed by atoms with Gasteiger partial charge in [0.2, 0.25) is 5.91 Å². The molecule has 18 heavy (non-hydrogen) atoms. The van der Waals surface area contributed by atoms with Crippen molar-refractivity contribution in [3.63, 3.8) is 0 Å². The normalized spacial score (nSPS) is 13.9. The number of hydrogen-bond donors (Lipinski definition) is 2. The van der Waals surface area contributed by atoms with E-state index in [1.807, 2.05) is 30.3 Å². The molecule has 2 atom stereocenters. The van der Waals surface area contributed by atoms with Crippen LogP contribution in [0.15, 0.2) is 30.3 Å². The van der Waals surface area contributed by atoms with E-state index in [0.717, 1.165) is 18.4 Å². The molecule has 0 saturated heterocycles. The fourth-order valence-corrected chi connectivity index (χ4v) is 2.03. The van der Waals surface area contributed by atoms with Gasteiger partial charge in [-0.3, -0.25) is 4.79 Å². The molecule has 0 bridgehead atoms. The van der Waals surface area contributed by atoms with E-state index in [1.54, 1.807) is 0 Å². The average molecular weight is 248 g/mol. The molecule has 0 aliphatic carbocycles. The molecule has 0 fully saturated rings. The third-order valence-corrected chi connectivity index (χ3v) is 3.06. The summed E-state index contributed by atoms with van der Waals surface area (Å²) in [4.78, 5) is 11.7. The van der Waals surface area contributed by atoms with Crippen molar-refractivity contribution in [2.24, 2.45) is 11.7 Å². The Bertz CT molecular complexity index is 351. The maximum absolute atomic E-state index is 11.7. The zero-order valence-electron chi connectivity index (χ0n) is 11.4. The second-order valence-electron chi connectivity index (χ2n) is 4.92. The van der Waals surface area contributed by atoms with Crippen molar-refractivity contribution in [3.05, 3.63) is 35.9 Å². The number of rotatable bonds is 7. The Morgan fingerprint density at radius 1 is 1.33 bits per heavy atom. The van der Waals surface area contributed by atoms with Gasteiger partial charge >= 0.3 is 0 Å². The predicted molar refractivity (Wildman–Crippen MR) is 75.1 cm³/mol. The number of carbonyl (C=O) groups is 1. The van der Waals surface area contributed by atoms with Crippen molar-refractivity contribution >= 4 is 5.91 Å². The summed E-state index contributed by atoms with van der Waals surface area (Å²) in [5.74, 6) is 0.547. The molecular weight excluding hydrogens is 224 g/mol. The van der Waals surface area contributed by atoms with Crippen LogP contribution in [0.25, 0.3) is 0 Å². The van der Waals surface area contributed by atoms with Crippen molar-refractivity contribution < 1.29 is 4.79 Å². The Morgan fingerprint density at radius 2 is 2.00 bits per heavy atom. The molecule has 0 aliphatic rings. The number of amides is 1. The first-order chi connectivity index (χ1) is 8.63. The molecular formula is C15H24N2O. The Labute approximate surface area is 110 Å². The fraction of sp³-hybridized carbons (Fsp3) is 0.533. The molecule has 1 aromatic rings. The van der Waals surface area contributed by atoms with E-state index in [9.17, 15) is 4.79 Å². The summed E-state index contributed by atoms with van der Waals surface area (Å²) in [6, 6.07) is 9.71. The smallest absolute Gasteiger partial charge is 0.220 e. The fourth-order valence-electron chi connectivity index (χ4n) is 2.03. The minimum absolute atomic E-state index is 0.0994. The highest BCUT2D eigenvalue weighted by molar-refractivity contribution is 5.76. The number of nitrogens with one attached hydrogen (secondary N) is 1. The first-order valence-electron chi connectivity index (χ1n) is 6.70. The first kappa shape index (κ1) is 14.7. The van der Waals surface area contributed by atoms with E-state index < -0.39 is 0 Å². The molecule has 0 spiro atoms. The minimum Gasteiger partial charge on any atom is -0.354 e. The molecule has 1 rings (SSSR count). The summed E-state index contributed by atoms with van der Waals surface area (Å²) >= 11 is 0. The van der Waals surface area contributed by atoms with Gasteiger partial charge < -0.3 is 11.1 Å². The largest absolute Gasteiger partial charge is 0.354 e. The van der Waals surface area contributed by atoms with E-state index in [0.29, 0.717) is 18.9 Å². The summed E-state index contributed by atoms with van der Waals surface area (Å²) in [5.41, 5.74) is 7.07. The highest BCUT2D eigenvalue weighted by atomic mass is 16.1. The summed E-state index contributed by atoms with van der Waals surface area (Å²) in [5, 5.41) is 2.91. The summed E-state index contributed by atoms with van der Waals surface area (Å²) in [6.45, 7) is 4.75. The van der Waals surface area contributed by atoms with Gasteiger partial charge in [-0.1, -0.05) is 57.0 Å². The topological polar surface area (TPSA) is 55.1 Å². The van der Waals surface area contributed by atoms with Crippen LogP contribution in [0.5, 0.6) is 0 Å². The molecule has 0 heterocycles. The molecule has 100 valence electrons. The second-order valence-corrected chi connectivity index (χ2v) is 4.92. The number of carbonyl (C=O) groups excluding carboxylic acids is 1. The maximum atomic E-state index is 11.7. The van der Waals surface area contributed by atoms with Gasteiger partial charge in [-0.2, -0.15) is 0 Å². The van der Waals surface area contributed by atoms with E-state index >= 15 is 0 Å². The molecule has 0 radical (unpaired) electrons. The van der Waals surface area contributed by atoms with Gasteiger partial charge in [-0.25, -0.2) is 0 Å². The highest BCUT2D eigenvalue weighted by Gasteiger charge is 2.10. The average Bonchev–Trinajstić information content (AvgIpc) is 2.37. The van der Waals surface area contributed by atoms with Crippen LogP contribution < -0.4 is 11.1 Å². The van der Waals surface area contributed by atoms with Gasteiger partial charge in [0.15, 0.2) is 0 Å². The Balaban J connectivity index is 2.30. The molecule has 2 unspecified atom stereocenters. The van der Waals surface area contributed by atoms with Crippen LogP contribution in [-0.2, 0) is 4.79 Å². The first-order valence-corrected chi connectivity index (χ1v) is 6.70. The summed E-state index contributed by atoms with van der Waals surface area (Å²) in [7, 11) is 0. The molecule has 3 heteroatoms. The zero-order chi connectivity index (χ0) is 13.4. The van der Waals surface area contributed by atoms with E-state index in [-0.39, 0.29) is 11.9 Å². The van der Waals surface area contributed by atoms with Crippen LogP contribution in [0.3, 0.4) is 0 Å². The maximum Gasteiger partial charge on any atom is 0.220 e. The van der Waals surface area contributed by atoms with Crippen LogP contribution in [0, 0.1) is 5.92 Å². The number of hydrogen-bond acceptors (Lipinski definition) is 2. The van der Waals surface area contributed by atoms with Crippen molar-refractivity contribution in [2.75, 3.05) is 6.54 Å². The summed E-state index contributed by atoms with van der Waals surface area (Å²) in [6.07, 6.45) is 2.81. The quantitative estimate of drug-likeness (QED) is 0.779. The van der Waals surface area contributed by atoms with E-state index in [4.69, 9.17) is 5.73 Å². The lowest BCUT2D eigenvalue weighted by Gasteiger charge is -2.14. The van der Waals surface area contributed by atoms with Gasteiger partial charge in [-0.05, 0) is 11.5 Å². The molecule has 3 N–H and O–H groups in total. The van der Waals surface area contributed by atoms with Crippen LogP contribution >= 0.6 is 0 Å². The Kier molecular flexibility index (Phi) is 6.44. The Morgan fingerprint density at radius 3 is 2.61 bits per heavy atom. The number of nitrogens with two attached hydrogens (primary N) is 1. The third-order valence-electron chi connectivity index (χ3n) is 3.06. The molecule has 1 amide bonds. The van der Waals surface area contributed by atoms with Gasteiger partial charge in [0.05, 0.1) is 0 Å². The van der Waals surface area contributed by atoms with Gasteiger partial charge in [0, 0.05) is 19.0 Å². The van der Waals surface area contributed by atoms with Crippen LogP contribution in [0.2, 0.25) is 0 Å². The molecule has 0 saturated carbocycles. The van der Waals surface area contributed by atoms with Gasteiger partial charge in [-0.15, -0.1) is 0 Å². The highest BCUT2D eigenvalue weighted by Crippen LogP contribution is 2.11. The zero-order valence-corrected chi connectivity index (χ0v) is 11.4. The van der Waals surface area contributed by atoms with Crippen molar-refractivity contribution in [3.8, 4) is 0 Å². The lowest BCUT2D eigenvalue weighted by molar-refractivity contribution is -0.122. The van der Waals surface area contributed by atoms with Crippen molar-refractivity contribution in [2.45, 2.75) is 39.2 Å². The van der Waals surface area contributed by atoms with Crippen molar-refractivity contribution in [1.29, 1.82) is 0 Å². The monoisotopic (exact) mass is 248 g/mol. The molecule has 1 aromatic carbocycles. The molecule has 0 aromatic heterocycles. The van der Waals surface area contributed by atoms with E-state index in [2.05, 4.69) is 19.2 Å². The van der Waals surface area contributed by atoms with Crippen LogP contribution in [-0.4, -0.2) is 12.5 Å². The Hall–Kier alpha value is -1.35. The number of benzene rings is 1. The lowest BCUT2D eigenvalue weighted by atomic mass is 10.0. The molecule has 0 aliphatic heterocycles. The molecule has 3 nitrogen and oxygen atoms in total. The lowest BCUT2D eigenvalue weighted by Crippen LogP contribution is -2.32. The predicted octanol–water partition coefficient (Wildman–Crippen LogP) is 2.63. The SMILES string of the molecule is CCCC(C)CC(=O)NCC(N)c1ccccc1. The third kappa shape index (κ3) is 5.32. The van der Waals surface area contributed by atoms with E-state index in [1.165, 1.54) is 0 Å². The second kappa shape index (κ2) is 7.88. The van der Waals surface area contributed by atoms with Crippen LogP contribution in [0.4, 0.5) is 0 Å². The summed E-state index contributed by atoms with van der Waals surface area (Å²) < 4.78 is 0. The minimum atomic E-state index is -0.128. The van der Waals surface area contributed by atoms with Crippen molar-refractivity contribution in [1.82, 2.24) is 5.32 Å². The van der Waals surface area contributed by atoms with Gasteiger partial charge in [0.1, 0.15) is 0 Å². The van der Waals surface area contributed by atoms with Crippen LogP contribution in [0.1, 0.15) is 44.7 Å². The van der Waals surface area contributed by atoms with Gasteiger partial charge in [0.25, 0.3) is 0 Å².